The summed E-state index contributed by atoms with van der Waals surface area (Å²) in [6.07, 6.45) is -1.51. The van der Waals surface area contributed by atoms with Gasteiger partial charge < -0.3 is 0 Å². The number of hydrogen-bond donors (Lipinski definition) is 0. The fraction of sp³-hybridized carbons (Fsp3) is 0.400. The number of aryl methyl sites for hydroxylation is 2. The minimum atomic E-state index is -2.18. The van der Waals surface area contributed by atoms with Crippen molar-refractivity contribution in [3.05, 3.63) is 34.9 Å². The van der Waals surface area contributed by atoms with E-state index < -0.39 is 13.2 Å². The summed E-state index contributed by atoms with van der Waals surface area (Å²) in [4.78, 5) is 0. The highest BCUT2D eigenvalue weighted by atomic mass is 14.0. The fourth-order valence-corrected chi connectivity index (χ4v) is 0.906. The zero-order valence-electron chi connectivity index (χ0n) is 11.2. The molecule has 0 saturated carbocycles. The van der Waals surface area contributed by atoms with Crippen LogP contribution in [0.4, 0.5) is 0 Å². The molecule has 0 heterocycles. The molecule has 0 fully saturated rings. The summed E-state index contributed by atoms with van der Waals surface area (Å²) in [5.74, 6) is 0. The monoisotopic (exact) mass is 139 g/mol. The largest absolute Gasteiger partial charge is 0.0617 e. The summed E-state index contributed by atoms with van der Waals surface area (Å²) in [6.45, 7) is 0.905. The van der Waals surface area contributed by atoms with Crippen LogP contribution in [-0.2, 0) is 6.37 Å². The number of rotatable bonds is 1. The van der Waals surface area contributed by atoms with Gasteiger partial charge in [-0.3, -0.25) is 0 Å². The van der Waals surface area contributed by atoms with Crippen molar-refractivity contribution in [1.82, 2.24) is 0 Å². The molecule has 0 aliphatic heterocycles. The van der Waals surface area contributed by atoms with Gasteiger partial charge in [-0.1, -0.05) is 25.1 Å². The van der Waals surface area contributed by atoms with E-state index in [0.29, 0.717) is 11.1 Å². The van der Waals surface area contributed by atoms with Crippen molar-refractivity contribution in [1.29, 1.82) is 0 Å². The Bertz CT molecular complexity index is 327. The minimum absolute atomic E-state index is 0.228. The molecule has 0 aliphatic carbocycles. The highest BCUT2D eigenvalue weighted by molar-refractivity contribution is 5.32. The van der Waals surface area contributed by atoms with Gasteiger partial charge in [-0.15, -0.1) is 0 Å². The molecule has 0 radical (unpaired) electrons. The second-order valence-corrected chi connectivity index (χ2v) is 2.23. The summed E-state index contributed by atoms with van der Waals surface area (Å²) in [7, 11) is 0. The van der Waals surface area contributed by atoms with Crippen LogP contribution in [0.15, 0.2) is 18.2 Å². The molecule has 0 nitrogen and oxygen atoms in total. The third-order valence-corrected chi connectivity index (χ3v) is 1.60. The van der Waals surface area contributed by atoms with E-state index in [1.54, 1.807) is 19.1 Å². The van der Waals surface area contributed by atoms with E-state index in [0.717, 1.165) is 0 Å². The summed E-state index contributed by atoms with van der Waals surface area (Å²) >= 11 is 0. The van der Waals surface area contributed by atoms with Gasteiger partial charge in [0.2, 0.25) is 0 Å². The highest BCUT2D eigenvalue weighted by Gasteiger charge is 1.95. The maximum Gasteiger partial charge on any atom is 0.0313 e. The van der Waals surface area contributed by atoms with E-state index in [1.165, 1.54) is 13.0 Å². The van der Waals surface area contributed by atoms with E-state index in [2.05, 4.69) is 0 Å². The van der Waals surface area contributed by atoms with Crippen molar-refractivity contribution in [2.45, 2.75) is 27.1 Å². The quantitative estimate of drug-likeness (QED) is 0.561. The molecule has 1 aromatic carbocycles. The normalized spacial score (nSPS) is 20.0. The molecule has 0 N–H and O–H groups in total. The van der Waals surface area contributed by atoms with E-state index >= 15 is 0 Å². The number of benzene rings is 1. The van der Waals surface area contributed by atoms with Crippen LogP contribution in [-0.4, -0.2) is 0 Å². The average molecular weight is 139 g/mol. The lowest BCUT2D eigenvalue weighted by atomic mass is 10.0. The van der Waals surface area contributed by atoms with Gasteiger partial charge in [0, 0.05) is 6.85 Å². The summed E-state index contributed by atoms with van der Waals surface area (Å²) < 4.78 is 37.2. The highest BCUT2D eigenvalue weighted by Crippen LogP contribution is 2.12. The van der Waals surface area contributed by atoms with Gasteiger partial charge in [0.15, 0.2) is 0 Å². The van der Waals surface area contributed by atoms with Crippen LogP contribution >= 0.6 is 0 Å². The van der Waals surface area contributed by atoms with Gasteiger partial charge in [-0.05, 0) is 36.8 Å². The second kappa shape index (κ2) is 2.87. The van der Waals surface area contributed by atoms with Crippen LogP contribution in [0.25, 0.3) is 0 Å². The van der Waals surface area contributed by atoms with Crippen molar-refractivity contribution >= 4 is 0 Å². The van der Waals surface area contributed by atoms with Crippen LogP contribution in [0.2, 0.25) is 0 Å². The molecule has 0 spiro atoms. The SMILES string of the molecule is [2H]C([2H])([2H])c1cccc(C([2H])([2H])C)c1C. The molecule has 0 atom stereocenters. The molecule has 0 bridgehead atoms. The van der Waals surface area contributed by atoms with Crippen molar-refractivity contribution in [2.75, 3.05) is 0 Å². The summed E-state index contributed by atoms with van der Waals surface area (Å²) in [5.41, 5.74) is 1.19. The molecule has 0 aromatic heterocycles. The Kier molecular flexibility index (Phi) is 0.884. The Morgan fingerprint density at radius 1 is 1.60 bits per heavy atom. The van der Waals surface area contributed by atoms with Gasteiger partial charge in [0.1, 0.15) is 0 Å². The van der Waals surface area contributed by atoms with Crippen molar-refractivity contribution in [3.63, 3.8) is 0 Å². The van der Waals surface area contributed by atoms with Gasteiger partial charge in [-0.2, -0.15) is 0 Å². The zero-order chi connectivity index (χ0) is 11.9. The maximum absolute atomic E-state index is 7.60. The van der Waals surface area contributed by atoms with E-state index in [1.807, 2.05) is 0 Å². The summed E-state index contributed by atoms with van der Waals surface area (Å²) in [6, 6.07) is 4.74. The number of hydrogen-bond acceptors (Lipinski definition) is 0. The van der Waals surface area contributed by atoms with Crippen molar-refractivity contribution in [3.8, 4) is 0 Å². The van der Waals surface area contributed by atoms with E-state index in [-0.39, 0.29) is 5.56 Å². The lowest BCUT2D eigenvalue weighted by molar-refractivity contribution is 1.09. The van der Waals surface area contributed by atoms with Gasteiger partial charge in [0.25, 0.3) is 0 Å². The van der Waals surface area contributed by atoms with Crippen LogP contribution in [0.3, 0.4) is 0 Å². The third kappa shape index (κ3) is 1.21. The molecule has 0 amide bonds. The molecular weight excluding hydrogens is 120 g/mol. The molecule has 0 saturated heterocycles. The lowest BCUT2D eigenvalue weighted by Gasteiger charge is -2.04. The second-order valence-electron chi connectivity index (χ2n) is 2.23. The van der Waals surface area contributed by atoms with E-state index in [4.69, 9.17) is 6.85 Å². The first-order chi connectivity index (χ1) is 6.64. The van der Waals surface area contributed by atoms with Crippen LogP contribution in [0.1, 0.15) is 30.5 Å². The van der Waals surface area contributed by atoms with Gasteiger partial charge >= 0.3 is 0 Å². The van der Waals surface area contributed by atoms with Gasteiger partial charge in [0.05, 0.1) is 0 Å². The molecule has 0 heteroatoms. The van der Waals surface area contributed by atoms with Crippen LogP contribution < -0.4 is 0 Å². The first-order valence-electron chi connectivity index (χ1n) is 5.74. The standard InChI is InChI=1S/C10H14/c1-4-10-7-5-6-8(2)9(10)3/h5-7H,4H2,1-3H3/i2D3,4D2. The maximum atomic E-state index is 7.60. The Morgan fingerprint density at radius 3 is 3.00 bits per heavy atom. The molecular formula is C10H14. The Morgan fingerprint density at radius 2 is 2.40 bits per heavy atom. The predicted octanol–water partition coefficient (Wildman–Crippen LogP) is 2.87. The first-order valence-corrected chi connectivity index (χ1v) is 3.24. The molecule has 54 valence electrons. The molecule has 0 unspecified atom stereocenters. The Labute approximate surface area is 69.9 Å². The molecule has 0 aliphatic rings. The summed E-state index contributed by atoms with van der Waals surface area (Å²) in [5, 5.41) is 0. The first kappa shape index (κ1) is 3.08. The predicted molar refractivity (Wildman–Crippen MR) is 45.3 cm³/mol. The van der Waals surface area contributed by atoms with Gasteiger partial charge in [-0.25, -0.2) is 0 Å². The molecule has 10 heavy (non-hydrogen) atoms. The van der Waals surface area contributed by atoms with Crippen molar-refractivity contribution < 1.29 is 6.85 Å². The molecule has 1 aromatic rings. The van der Waals surface area contributed by atoms with Crippen LogP contribution in [0, 0.1) is 13.8 Å². The van der Waals surface area contributed by atoms with E-state index in [9.17, 15) is 0 Å². The smallest absolute Gasteiger partial charge is 0.0313 e. The molecule has 1 rings (SSSR count). The van der Waals surface area contributed by atoms with Crippen LogP contribution in [0.5, 0.6) is 0 Å². The third-order valence-electron chi connectivity index (χ3n) is 1.60. The fourth-order valence-electron chi connectivity index (χ4n) is 0.906. The zero-order valence-corrected chi connectivity index (χ0v) is 6.23. The average Bonchev–Trinajstić information content (AvgIpc) is 1.99. The Balaban J connectivity index is 3.37. The Hall–Kier alpha value is -0.780. The minimum Gasteiger partial charge on any atom is -0.0617 e. The van der Waals surface area contributed by atoms with Crippen molar-refractivity contribution in [2.24, 2.45) is 0 Å². The lowest BCUT2D eigenvalue weighted by Crippen LogP contribution is -1.88. The topological polar surface area (TPSA) is 0 Å².